The fourth-order valence-corrected chi connectivity index (χ4v) is 2.03. The van der Waals surface area contributed by atoms with Crippen LogP contribution in [-0.4, -0.2) is 24.5 Å². The maximum atomic E-state index is 13.1. The first-order valence-electron chi connectivity index (χ1n) is 5.76. The molecule has 0 N–H and O–H groups in total. The van der Waals surface area contributed by atoms with Crippen molar-refractivity contribution in [1.82, 2.24) is 24.5 Å². The van der Waals surface area contributed by atoms with E-state index in [1.54, 1.807) is 26.4 Å². The Hall–Kier alpha value is -2.38. The molecule has 0 aliphatic heterocycles. The van der Waals surface area contributed by atoms with Crippen LogP contribution in [0.4, 0.5) is 13.2 Å². The summed E-state index contributed by atoms with van der Waals surface area (Å²) in [5.41, 5.74) is -0.00754. The molecule has 3 aromatic heterocycles. The predicted molar refractivity (Wildman–Crippen MR) is 65.7 cm³/mol. The minimum Gasteiger partial charge on any atom is -0.275 e. The number of hydrogen-bond acceptors (Lipinski definition) is 3. The zero-order chi connectivity index (χ0) is 14.5. The number of alkyl halides is 3. The number of aryl methyl sites for hydroxylation is 2. The number of pyridine rings is 1. The van der Waals surface area contributed by atoms with Gasteiger partial charge < -0.3 is 0 Å². The van der Waals surface area contributed by atoms with Gasteiger partial charge in [0.25, 0.3) is 0 Å². The van der Waals surface area contributed by atoms with E-state index in [-0.39, 0.29) is 16.7 Å². The summed E-state index contributed by atoms with van der Waals surface area (Å²) in [4.78, 5) is 4.22. The highest BCUT2D eigenvalue weighted by Gasteiger charge is 2.34. The Morgan fingerprint density at radius 2 is 1.90 bits per heavy atom. The fraction of sp³-hybridized carbons (Fsp3) is 0.250. The second-order valence-electron chi connectivity index (χ2n) is 4.43. The van der Waals surface area contributed by atoms with Crippen molar-refractivity contribution in [3.63, 3.8) is 0 Å². The van der Waals surface area contributed by atoms with Gasteiger partial charge in [-0.25, -0.2) is 4.98 Å². The van der Waals surface area contributed by atoms with Crippen LogP contribution in [0, 0.1) is 0 Å². The normalized spacial score (nSPS) is 12.2. The summed E-state index contributed by atoms with van der Waals surface area (Å²) in [6.45, 7) is 0. The van der Waals surface area contributed by atoms with E-state index in [2.05, 4.69) is 15.2 Å². The lowest BCUT2D eigenvalue weighted by Gasteiger charge is -2.09. The first kappa shape index (κ1) is 12.6. The van der Waals surface area contributed by atoms with Crippen LogP contribution in [0.2, 0.25) is 0 Å². The van der Waals surface area contributed by atoms with Crippen LogP contribution in [0.25, 0.3) is 22.4 Å². The summed E-state index contributed by atoms with van der Waals surface area (Å²) < 4.78 is 42.2. The smallest absolute Gasteiger partial charge is 0.275 e. The third kappa shape index (κ3) is 1.93. The summed E-state index contributed by atoms with van der Waals surface area (Å²) in [5, 5.41) is 7.91. The molecule has 3 aromatic rings. The molecular weight excluding hydrogens is 271 g/mol. The number of halogens is 3. The van der Waals surface area contributed by atoms with Crippen molar-refractivity contribution in [1.29, 1.82) is 0 Å². The molecule has 5 nitrogen and oxygen atoms in total. The van der Waals surface area contributed by atoms with Gasteiger partial charge in [0.1, 0.15) is 5.69 Å². The Bertz CT molecular complexity index is 784. The van der Waals surface area contributed by atoms with Crippen molar-refractivity contribution in [2.75, 3.05) is 0 Å². The van der Waals surface area contributed by atoms with Crippen LogP contribution in [-0.2, 0) is 20.3 Å². The van der Waals surface area contributed by atoms with Gasteiger partial charge in [0.05, 0.1) is 22.8 Å². The maximum absolute atomic E-state index is 13.1. The zero-order valence-electron chi connectivity index (χ0n) is 10.7. The molecule has 0 aliphatic rings. The number of rotatable bonds is 1. The SMILES string of the molecule is Cn1ccc(-c2cc(C(F)(F)F)c3cnn(C)c3n2)n1. The van der Waals surface area contributed by atoms with E-state index < -0.39 is 11.7 Å². The van der Waals surface area contributed by atoms with Crippen molar-refractivity contribution in [3.05, 3.63) is 30.1 Å². The van der Waals surface area contributed by atoms with E-state index in [1.807, 2.05) is 0 Å². The van der Waals surface area contributed by atoms with E-state index in [0.29, 0.717) is 5.69 Å². The summed E-state index contributed by atoms with van der Waals surface area (Å²) in [5.74, 6) is 0. The van der Waals surface area contributed by atoms with Crippen molar-refractivity contribution >= 4 is 11.0 Å². The van der Waals surface area contributed by atoms with Gasteiger partial charge in [-0.2, -0.15) is 23.4 Å². The topological polar surface area (TPSA) is 48.5 Å². The Labute approximate surface area is 111 Å². The largest absolute Gasteiger partial charge is 0.417 e. The molecule has 0 saturated carbocycles. The van der Waals surface area contributed by atoms with Crippen LogP contribution in [0.3, 0.4) is 0 Å². The van der Waals surface area contributed by atoms with E-state index in [9.17, 15) is 13.2 Å². The Morgan fingerprint density at radius 1 is 1.15 bits per heavy atom. The summed E-state index contributed by atoms with van der Waals surface area (Å²) in [7, 11) is 3.24. The highest BCUT2D eigenvalue weighted by atomic mass is 19.4. The molecule has 0 unspecified atom stereocenters. The quantitative estimate of drug-likeness (QED) is 0.688. The standard InChI is InChI=1S/C12H10F3N5/c1-19-4-3-9(18-19)10-5-8(12(13,14)15)7-6-16-20(2)11(7)17-10/h3-6H,1-2H3. The minimum atomic E-state index is -4.46. The lowest BCUT2D eigenvalue weighted by atomic mass is 10.1. The van der Waals surface area contributed by atoms with Crippen LogP contribution in [0.15, 0.2) is 24.5 Å². The molecule has 0 fully saturated rings. The lowest BCUT2D eigenvalue weighted by molar-refractivity contribution is -0.136. The van der Waals surface area contributed by atoms with Gasteiger partial charge in [0.2, 0.25) is 0 Å². The molecule has 0 amide bonds. The zero-order valence-corrected chi connectivity index (χ0v) is 10.7. The van der Waals surface area contributed by atoms with E-state index in [0.717, 1.165) is 6.07 Å². The number of hydrogen-bond donors (Lipinski definition) is 0. The van der Waals surface area contributed by atoms with Crippen LogP contribution in [0.5, 0.6) is 0 Å². The molecule has 8 heteroatoms. The van der Waals surface area contributed by atoms with Gasteiger partial charge in [-0.3, -0.25) is 9.36 Å². The molecule has 0 saturated heterocycles. The third-order valence-corrected chi connectivity index (χ3v) is 2.99. The van der Waals surface area contributed by atoms with Gasteiger partial charge >= 0.3 is 6.18 Å². The van der Waals surface area contributed by atoms with Crippen molar-refractivity contribution in [3.8, 4) is 11.4 Å². The first-order chi connectivity index (χ1) is 9.36. The second kappa shape index (κ2) is 4.06. The Kier molecular flexibility index (Phi) is 2.56. The molecule has 0 aromatic carbocycles. The van der Waals surface area contributed by atoms with Gasteiger partial charge in [-0.1, -0.05) is 0 Å². The first-order valence-corrected chi connectivity index (χ1v) is 5.76. The monoisotopic (exact) mass is 281 g/mol. The Morgan fingerprint density at radius 3 is 2.50 bits per heavy atom. The molecule has 104 valence electrons. The summed E-state index contributed by atoms with van der Waals surface area (Å²) in [6.07, 6.45) is -1.64. The number of fused-ring (bicyclic) bond motifs is 1. The molecule has 0 spiro atoms. The third-order valence-electron chi connectivity index (χ3n) is 2.99. The summed E-state index contributed by atoms with van der Waals surface area (Å²) in [6, 6.07) is 2.62. The fourth-order valence-electron chi connectivity index (χ4n) is 2.03. The van der Waals surface area contributed by atoms with Crippen LogP contribution >= 0.6 is 0 Å². The van der Waals surface area contributed by atoms with Gasteiger partial charge in [0, 0.05) is 20.3 Å². The molecule has 20 heavy (non-hydrogen) atoms. The van der Waals surface area contributed by atoms with Gasteiger partial charge in [0.15, 0.2) is 5.65 Å². The molecule has 0 atom stereocenters. The van der Waals surface area contributed by atoms with Crippen molar-refractivity contribution in [2.45, 2.75) is 6.18 Å². The predicted octanol–water partition coefficient (Wildman–Crippen LogP) is 2.39. The highest BCUT2D eigenvalue weighted by molar-refractivity contribution is 5.82. The molecule has 3 heterocycles. The molecule has 0 radical (unpaired) electrons. The van der Waals surface area contributed by atoms with Crippen molar-refractivity contribution < 1.29 is 13.2 Å². The van der Waals surface area contributed by atoms with Crippen LogP contribution in [0.1, 0.15) is 5.56 Å². The lowest BCUT2D eigenvalue weighted by Crippen LogP contribution is -2.07. The molecule has 3 rings (SSSR count). The highest BCUT2D eigenvalue weighted by Crippen LogP contribution is 2.36. The van der Waals surface area contributed by atoms with Gasteiger partial charge in [-0.05, 0) is 12.1 Å². The van der Waals surface area contributed by atoms with E-state index in [1.165, 1.54) is 15.6 Å². The van der Waals surface area contributed by atoms with Crippen LogP contribution < -0.4 is 0 Å². The number of aromatic nitrogens is 5. The average molecular weight is 281 g/mol. The minimum absolute atomic E-state index is 0.0142. The molecule has 0 aliphatic carbocycles. The van der Waals surface area contributed by atoms with Gasteiger partial charge in [-0.15, -0.1) is 0 Å². The second-order valence-corrected chi connectivity index (χ2v) is 4.43. The number of nitrogens with zero attached hydrogens (tertiary/aromatic N) is 5. The summed E-state index contributed by atoms with van der Waals surface area (Å²) >= 11 is 0. The maximum Gasteiger partial charge on any atom is 0.417 e. The average Bonchev–Trinajstić information content (AvgIpc) is 2.94. The molecular formula is C12H10F3N5. The molecule has 0 bridgehead atoms. The van der Waals surface area contributed by atoms with Crippen molar-refractivity contribution in [2.24, 2.45) is 14.1 Å². The van der Waals surface area contributed by atoms with E-state index >= 15 is 0 Å². The Balaban J connectivity index is 2.32. The van der Waals surface area contributed by atoms with E-state index in [4.69, 9.17) is 0 Å².